The minimum absolute atomic E-state index is 0.0511. The molecule has 0 radical (unpaired) electrons. The fourth-order valence-electron chi connectivity index (χ4n) is 2.45. The Morgan fingerprint density at radius 1 is 1.56 bits per heavy atom. The van der Waals surface area contributed by atoms with Crippen LogP contribution in [0.5, 0.6) is 0 Å². The maximum atomic E-state index is 11.9. The lowest BCUT2D eigenvalue weighted by atomic mass is 10.1. The molecule has 0 aromatic carbocycles. The van der Waals surface area contributed by atoms with E-state index in [4.69, 9.17) is 9.94 Å². The van der Waals surface area contributed by atoms with Crippen molar-refractivity contribution >= 4 is 11.8 Å². The summed E-state index contributed by atoms with van der Waals surface area (Å²) in [5.41, 5.74) is 0.234. The third-order valence-electron chi connectivity index (χ3n) is 3.03. The lowest BCUT2D eigenvalue weighted by molar-refractivity contribution is 0.0248. The van der Waals surface area contributed by atoms with E-state index in [0.717, 1.165) is 19.4 Å². The summed E-state index contributed by atoms with van der Waals surface area (Å²) >= 11 is 0. The summed E-state index contributed by atoms with van der Waals surface area (Å²) in [5, 5.41) is 12.1. The lowest BCUT2D eigenvalue weighted by Gasteiger charge is -2.30. The molecule has 0 spiro atoms. The normalized spacial score (nSPS) is 31.2. The zero-order chi connectivity index (χ0) is 11.9. The van der Waals surface area contributed by atoms with Crippen LogP contribution in [-0.2, 0) is 4.74 Å². The van der Waals surface area contributed by atoms with Crippen LogP contribution in [0.3, 0.4) is 0 Å². The monoisotopic (exact) mass is 226 g/mol. The number of ether oxygens (including phenoxy) is 1. The highest BCUT2D eigenvalue weighted by molar-refractivity contribution is 5.95. The number of oxime groups is 1. The van der Waals surface area contributed by atoms with Gasteiger partial charge in [-0.2, -0.15) is 0 Å². The Kier molecular flexibility index (Phi) is 2.56. The molecule has 2 fully saturated rings. The minimum atomic E-state index is -0.477. The topological polar surface area (TPSA) is 62.1 Å². The molecule has 2 atom stereocenters. The summed E-state index contributed by atoms with van der Waals surface area (Å²) < 4.78 is 5.32. The highest BCUT2D eigenvalue weighted by atomic mass is 16.6. The summed E-state index contributed by atoms with van der Waals surface area (Å²) in [5.74, 6) is 0.434. The largest absolute Gasteiger partial charge is 0.444 e. The Labute approximate surface area is 95.1 Å². The molecule has 1 saturated carbocycles. The van der Waals surface area contributed by atoms with Gasteiger partial charge >= 0.3 is 6.09 Å². The predicted octanol–water partition coefficient (Wildman–Crippen LogP) is 1.85. The van der Waals surface area contributed by atoms with Gasteiger partial charge in [-0.15, -0.1) is 0 Å². The average molecular weight is 226 g/mol. The van der Waals surface area contributed by atoms with Crippen molar-refractivity contribution < 1.29 is 14.7 Å². The molecule has 1 aliphatic carbocycles. The Hall–Kier alpha value is -1.26. The van der Waals surface area contributed by atoms with Crippen LogP contribution in [0.4, 0.5) is 4.79 Å². The molecule has 90 valence electrons. The van der Waals surface area contributed by atoms with Crippen LogP contribution in [0, 0.1) is 5.92 Å². The van der Waals surface area contributed by atoms with E-state index in [2.05, 4.69) is 5.16 Å². The Morgan fingerprint density at radius 3 is 2.75 bits per heavy atom. The first-order chi connectivity index (χ1) is 7.40. The van der Waals surface area contributed by atoms with Crippen LogP contribution >= 0.6 is 0 Å². The van der Waals surface area contributed by atoms with Gasteiger partial charge in [0.25, 0.3) is 0 Å². The van der Waals surface area contributed by atoms with E-state index >= 15 is 0 Å². The molecule has 1 saturated heterocycles. The van der Waals surface area contributed by atoms with Crippen molar-refractivity contribution in [1.82, 2.24) is 4.90 Å². The Balaban J connectivity index is 2.04. The van der Waals surface area contributed by atoms with Crippen molar-refractivity contribution in [2.24, 2.45) is 11.1 Å². The fourth-order valence-corrected chi connectivity index (χ4v) is 2.45. The van der Waals surface area contributed by atoms with Crippen LogP contribution < -0.4 is 0 Å². The van der Waals surface area contributed by atoms with Crippen molar-refractivity contribution in [2.75, 3.05) is 6.54 Å². The summed E-state index contributed by atoms with van der Waals surface area (Å²) in [6, 6.07) is -0.0511. The molecule has 1 N–H and O–H groups in total. The third kappa shape index (κ3) is 1.99. The molecule has 2 aliphatic rings. The van der Waals surface area contributed by atoms with E-state index < -0.39 is 5.60 Å². The molecule has 5 heteroatoms. The van der Waals surface area contributed by atoms with Crippen molar-refractivity contribution in [3.63, 3.8) is 0 Å². The maximum absolute atomic E-state index is 11.9. The molecule has 1 amide bonds. The van der Waals surface area contributed by atoms with Gasteiger partial charge in [0.2, 0.25) is 0 Å². The second-order valence-corrected chi connectivity index (χ2v) is 5.55. The highest BCUT2D eigenvalue weighted by Crippen LogP contribution is 2.36. The number of piperidine rings is 1. The first-order valence-corrected chi connectivity index (χ1v) is 5.61. The molecule has 16 heavy (non-hydrogen) atoms. The first kappa shape index (κ1) is 11.2. The Morgan fingerprint density at radius 2 is 2.25 bits per heavy atom. The zero-order valence-corrected chi connectivity index (χ0v) is 9.93. The molecule has 0 aromatic rings. The van der Waals surface area contributed by atoms with Crippen LogP contribution in [0.1, 0.15) is 33.6 Å². The van der Waals surface area contributed by atoms with Crippen LogP contribution in [-0.4, -0.2) is 40.1 Å². The summed E-state index contributed by atoms with van der Waals surface area (Å²) in [4.78, 5) is 13.6. The number of amides is 1. The molecule has 2 bridgehead atoms. The standard InChI is InChI=1S/C11H18N2O3/c1-11(2,3)16-10(14)13-6-7-4-8(12-15)9(13)5-7/h7,9,15H,4-6H2,1-3H3/b12-8+/t7-,9+/m1/s1. The molecule has 1 aliphatic heterocycles. The number of hydrogen-bond acceptors (Lipinski definition) is 4. The van der Waals surface area contributed by atoms with Crippen molar-refractivity contribution in [3.05, 3.63) is 0 Å². The van der Waals surface area contributed by atoms with Crippen molar-refractivity contribution in [3.8, 4) is 0 Å². The molecule has 5 nitrogen and oxygen atoms in total. The number of hydrogen-bond donors (Lipinski definition) is 1. The second-order valence-electron chi connectivity index (χ2n) is 5.55. The third-order valence-corrected chi connectivity index (χ3v) is 3.03. The molecule has 2 rings (SSSR count). The number of carbonyl (C=O) groups is 1. The highest BCUT2D eigenvalue weighted by Gasteiger charge is 2.46. The number of rotatable bonds is 0. The van der Waals surface area contributed by atoms with Gasteiger partial charge in [-0.05, 0) is 39.5 Å². The van der Waals surface area contributed by atoms with Crippen LogP contribution in [0.25, 0.3) is 0 Å². The van der Waals surface area contributed by atoms with Gasteiger partial charge in [-0.3, -0.25) is 4.90 Å². The number of carbonyl (C=O) groups excluding carboxylic acids is 1. The van der Waals surface area contributed by atoms with Gasteiger partial charge in [-0.1, -0.05) is 5.16 Å². The van der Waals surface area contributed by atoms with E-state index in [1.165, 1.54) is 0 Å². The van der Waals surface area contributed by atoms with Gasteiger partial charge in [0.1, 0.15) is 5.60 Å². The Bertz CT molecular complexity index is 333. The fraction of sp³-hybridized carbons (Fsp3) is 0.818. The van der Waals surface area contributed by atoms with Gasteiger partial charge in [0.15, 0.2) is 0 Å². The molecule has 1 heterocycles. The summed E-state index contributed by atoms with van der Waals surface area (Å²) in [6.45, 7) is 6.26. The number of fused-ring (bicyclic) bond motifs is 2. The lowest BCUT2D eigenvalue weighted by Crippen LogP contribution is -2.45. The van der Waals surface area contributed by atoms with Gasteiger partial charge in [-0.25, -0.2) is 4.79 Å². The minimum Gasteiger partial charge on any atom is -0.444 e. The van der Waals surface area contributed by atoms with E-state index in [1.54, 1.807) is 4.90 Å². The van der Waals surface area contributed by atoms with Gasteiger partial charge < -0.3 is 9.94 Å². The van der Waals surface area contributed by atoms with E-state index in [1.807, 2.05) is 20.8 Å². The van der Waals surface area contributed by atoms with Crippen LogP contribution in [0.15, 0.2) is 5.16 Å². The maximum Gasteiger partial charge on any atom is 0.410 e. The SMILES string of the molecule is CC(C)(C)OC(=O)N1C[C@@H]2C/C(=N\O)[C@@H]1C2. The summed E-state index contributed by atoms with van der Waals surface area (Å²) in [7, 11) is 0. The summed E-state index contributed by atoms with van der Waals surface area (Å²) in [6.07, 6.45) is 1.40. The first-order valence-electron chi connectivity index (χ1n) is 5.61. The van der Waals surface area contributed by atoms with Crippen molar-refractivity contribution in [1.29, 1.82) is 0 Å². The van der Waals surface area contributed by atoms with E-state index in [-0.39, 0.29) is 12.1 Å². The quantitative estimate of drug-likeness (QED) is 0.506. The number of nitrogens with zero attached hydrogens (tertiary/aromatic N) is 2. The van der Waals surface area contributed by atoms with Gasteiger partial charge in [0, 0.05) is 6.54 Å². The van der Waals surface area contributed by atoms with Crippen LogP contribution in [0.2, 0.25) is 0 Å². The zero-order valence-electron chi connectivity index (χ0n) is 9.93. The van der Waals surface area contributed by atoms with Crippen molar-refractivity contribution in [2.45, 2.75) is 45.3 Å². The predicted molar refractivity (Wildman–Crippen MR) is 58.7 cm³/mol. The number of likely N-dealkylation sites (tertiary alicyclic amines) is 1. The molecular formula is C11H18N2O3. The van der Waals surface area contributed by atoms with E-state index in [0.29, 0.717) is 11.6 Å². The average Bonchev–Trinajstić information content (AvgIpc) is 2.72. The van der Waals surface area contributed by atoms with Gasteiger partial charge in [0.05, 0.1) is 11.8 Å². The van der Waals surface area contributed by atoms with E-state index in [9.17, 15) is 4.79 Å². The smallest absolute Gasteiger partial charge is 0.410 e. The molecule has 0 aromatic heterocycles. The molecular weight excluding hydrogens is 208 g/mol. The molecule has 0 unspecified atom stereocenters. The second kappa shape index (κ2) is 3.64.